The minimum absolute atomic E-state index is 0.100. The second-order valence-electron chi connectivity index (χ2n) is 5.74. The third-order valence-electron chi connectivity index (χ3n) is 3.84. The number of hydrogen-bond donors (Lipinski definition) is 2. The highest BCUT2D eigenvalue weighted by molar-refractivity contribution is 7.90. The summed E-state index contributed by atoms with van der Waals surface area (Å²) >= 11 is 0. The second kappa shape index (κ2) is 7.10. The number of carbonyl (C=O) groups excluding carboxylic acids is 1. The Kier molecular flexibility index (Phi) is 4.89. The lowest BCUT2D eigenvalue weighted by Crippen LogP contribution is -2.26. The zero-order chi connectivity index (χ0) is 17.9. The Morgan fingerprint density at radius 2 is 2.08 bits per heavy atom. The third kappa shape index (κ3) is 3.90. The van der Waals surface area contributed by atoms with E-state index in [0.29, 0.717) is 36.5 Å². The van der Waals surface area contributed by atoms with E-state index >= 15 is 0 Å². The van der Waals surface area contributed by atoms with Gasteiger partial charge < -0.3 is 9.73 Å². The molecule has 1 atom stereocenters. The van der Waals surface area contributed by atoms with Crippen molar-refractivity contribution in [2.45, 2.75) is 30.7 Å². The van der Waals surface area contributed by atoms with Crippen LogP contribution in [0.5, 0.6) is 0 Å². The maximum atomic E-state index is 12.0. The van der Waals surface area contributed by atoms with Crippen molar-refractivity contribution in [1.82, 2.24) is 10.0 Å². The summed E-state index contributed by atoms with van der Waals surface area (Å²) in [6.07, 6.45) is 2.38. The molecule has 3 rings (SSSR count). The molecule has 1 aromatic carbocycles. The molecule has 1 aliphatic rings. The Morgan fingerprint density at radius 1 is 1.28 bits per heavy atom. The summed E-state index contributed by atoms with van der Waals surface area (Å²) in [4.78, 5) is 16.5. The summed E-state index contributed by atoms with van der Waals surface area (Å²) in [5.41, 5.74) is 0.568. The van der Waals surface area contributed by atoms with Crippen LogP contribution in [0.1, 0.15) is 37.1 Å². The van der Waals surface area contributed by atoms with E-state index in [1.54, 1.807) is 42.7 Å². The highest BCUT2D eigenvalue weighted by Crippen LogP contribution is 2.22. The zero-order valence-corrected chi connectivity index (χ0v) is 14.5. The van der Waals surface area contributed by atoms with Crippen molar-refractivity contribution in [1.29, 1.82) is 0 Å². The predicted octanol–water partition coefficient (Wildman–Crippen LogP) is 1.98. The lowest BCUT2D eigenvalue weighted by Gasteiger charge is -2.10. The molecule has 132 valence electrons. The van der Waals surface area contributed by atoms with Crippen LogP contribution >= 0.6 is 0 Å². The molecule has 2 heterocycles. The number of rotatable bonds is 6. The van der Waals surface area contributed by atoms with Crippen LogP contribution < -0.4 is 10.0 Å². The molecular weight excluding hydrogens is 342 g/mol. The quantitative estimate of drug-likeness (QED) is 0.768. The van der Waals surface area contributed by atoms with E-state index in [9.17, 15) is 13.2 Å². The van der Waals surface area contributed by atoms with Gasteiger partial charge in [-0.3, -0.25) is 14.5 Å². The molecule has 7 nitrogen and oxygen atoms in total. The van der Waals surface area contributed by atoms with E-state index in [1.807, 2.05) is 6.92 Å². The molecule has 25 heavy (non-hydrogen) atoms. The maximum Gasteiger partial charge on any atom is 0.263 e. The molecule has 0 saturated heterocycles. The lowest BCUT2D eigenvalue weighted by atomic mass is 10.2. The van der Waals surface area contributed by atoms with Gasteiger partial charge in [-0.1, -0.05) is 12.1 Å². The van der Waals surface area contributed by atoms with Gasteiger partial charge in [0.2, 0.25) is 5.91 Å². The number of amidine groups is 1. The molecule has 0 spiro atoms. The standard InChI is InChI=1S/C17H19N3O4S/c1-12(14-7-5-11-24-14)19-16(21)9-4-10-18-17-13-6-2-3-8-15(13)25(22,23)20-17/h2-3,5-8,11-12H,4,9-10H2,1H3,(H,18,20)(H,19,21)/t12-/m1/s1. The summed E-state index contributed by atoms with van der Waals surface area (Å²) in [6, 6.07) is 10.1. The Balaban J connectivity index is 1.52. The van der Waals surface area contributed by atoms with Gasteiger partial charge in [-0.2, -0.15) is 0 Å². The average molecular weight is 361 g/mol. The number of fused-ring (bicyclic) bond motifs is 1. The first-order chi connectivity index (χ1) is 12.0. The van der Waals surface area contributed by atoms with Crippen LogP contribution in [0.4, 0.5) is 0 Å². The molecule has 0 unspecified atom stereocenters. The van der Waals surface area contributed by atoms with Crippen LogP contribution in [0, 0.1) is 0 Å². The van der Waals surface area contributed by atoms with Crippen LogP contribution in [0.15, 0.2) is 57.0 Å². The minimum atomic E-state index is -3.52. The molecular formula is C17H19N3O4S. The molecule has 8 heteroatoms. The molecule has 1 aromatic heterocycles. The number of nitrogens with one attached hydrogen (secondary N) is 2. The molecule has 0 radical (unpaired) electrons. The summed E-state index contributed by atoms with van der Waals surface area (Å²) in [6.45, 7) is 2.20. The van der Waals surface area contributed by atoms with Crippen molar-refractivity contribution < 1.29 is 17.6 Å². The summed E-state index contributed by atoms with van der Waals surface area (Å²) in [5.74, 6) is 0.932. The monoisotopic (exact) mass is 361 g/mol. The average Bonchev–Trinajstić information content (AvgIpc) is 3.19. The number of hydrogen-bond acceptors (Lipinski definition) is 5. The fourth-order valence-corrected chi connectivity index (χ4v) is 3.86. The Labute approximate surface area is 146 Å². The van der Waals surface area contributed by atoms with Crippen molar-refractivity contribution in [2.24, 2.45) is 4.99 Å². The van der Waals surface area contributed by atoms with Gasteiger partial charge in [0, 0.05) is 18.5 Å². The fraction of sp³-hybridized carbons (Fsp3) is 0.294. The number of sulfonamides is 1. The fourth-order valence-electron chi connectivity index (χ4n) is 2.60. The number of nitrogens with zero attached hydrogens (tertiary/aromatic N) is 1. The molecule has 0 aliphatic carbocycles. The first-order valence-electron chi connectivity index (χ1n) is 7.97. The number of carbonyl (C=O) groups is 1. The summed E-state index contributed by atoms with van der Waals surface area (Å²) < 4.78 is 31.6. The van der Waals surface area contributed by atoms with Crippen LogP contribution in [0.2, 0.25) is 0 Å². The van der Waals surface area contributed by atoms with Gasteiger partial charge in [0.1, 0.15) is 11.6 Å². The zero-order valence-electron chi connectivity index (χ0n) is 13.7. The maximum absolute atomic E-state index is 12.0. The summed E-state index contributed by atoms with van der Waals surface area (Å²) in [5, 5.41) is 2.85. The van der Waals surface area contributed by atoms with Crippen molar-refractivity contribution in [3.63, 3.8) is 0 Å². The normalized spacial score (nSPS) is 17.7. The molecule has 1 aliphatic heterocycles. The number of benzene rings is 1. The van der Waals surface area contributed by atoms with Crippen molar-refractivity contribution >= 4 is 21.8 Å². The molecule has 0 saturated carbocycles. The van der Waals surface area contributed by atoms with E-state index in [0.717, 1.165) is 0 Å². The summed E-state index contributed by atoms with van der Waals surface area (Å²) in [7, 11) is -3.52. The molecule has 0 fully saturated rings. The van der Waals surface area contributed by atoms with Crippen molar-refractivity contribution in [3.8, 4) is 0 Å². The topological polar surface area (TPSA) is 101 Å². The predicted molar refractivity (Wildman–Crippen MR) is 92.7 cm³/mol. The number of aliphatic imine (C=N–C) groups is 1. The molecule has 2 N–H and O–H groups in total. The first-order valence-corrected chi connectivity index (χ1v) is 9.45. The highest BCUT2D eigenvalue weighted by atomic mass is 32.2. The van der Waals surface area contributed by atoms with E-state index in [4.69, 9.17) is 4.42 Å². The molecule has 1 amide bonds. The highest BCUT2D eigenvalue weighted by Gasteiger charge is 2.29. The second-order valence-corrected chi connectivity index (χ2v) is 7.39. The van der Waals surface area contributed by atoms with Gasteiger partial charge in [-0.05, 0) is 37.6 Å². The van der Waals surface area contributed by atoms with Crippen molar-refractivity contribution in [3.05, 3.63) is 54.0 Å². The van der Waals surface area contributed by atoms with Crippen LogP contribution in [0.3, 0.4) is 0 Å². The lowest BCUT2D eigenvalue weighted by molar-refractivity contribution is -0.121. The molecule has 0 bridgehead atoms. The third-order valence-corrected chi connectivity index (χ3v) is 5.24. The molecule has 2 aromatic rings. The Bertz CT molecular complexity index is 888. The SMILES string of the molecule is C[C@@H](NC(=O)CCCN=C1NS(=O)(=O)c2ccccc21)c1ccco1. The van der Waals surface area contributed by atoms with Gasteiger partial charge >= 0.3 is 0 Å². The van der Waals surface area contributed by atoms with Crippen LogP contribution in [-0.2, 0) is 14.8 Å². The Hall–Kier alpha value is -2.61. The van der Waals surface area contributed by atoms with E-state index < -0.39 is 10.0 Å². The van der Waals surface area contributed by atoms with Gasteiger partial charge in [0.25, 0.3) is 10.0 Å². The van der Waals surface area contributed by atoms with Crippen LogP contribution in [0.25, 0.3) is 0 Å². The Morgan fingerprint density at radius 3 is 2.84 bits per heavy atom. The first kappa shape index (κ1) is 17.2. The van der Waals surface area contributed by atoms with Gasteiger partial charge in [0.15, 0.2) is 0 Å². The largest absolute Gasteiger partial charge is 0.467 e. The number of furan rings is 1. The van der Waals surface area contributed by atoms with Crippen molar-refractivity contribution in [2.75, 3.05) is 6.54 Å². The van der Waals surface area contributed by atoms with Gasteiger partial charge in [-0.15, -0.1) is 0 Å². The van der Waals surface area contributed by atoms with Gasteiger partial charge in [0.05, 0.1) is 17.2 Å². The van der Waals surface area contributed by atoms with Crippen LogP contribution in [-0.4, -0.2) is 26.7 Å². The van der Waals surface area contributed by atoms with Gasteiger partial charge in [-0.25, -0.2) is 8.42 Å². The number of amides is 1. The van der Waals surface area contributed by atoms with E-state index in [1.165, 1.54) is 0 Å². The minimum Gasteiger partial charge on any atom is -0.467 e. The smallest absolute Gasteiger partial charge is 0.263 e. The van der Waals surface area contributed by atoms with E-state index in [-0.39, 0.29) is 16.8 Å². The van der Waals surface area contributed by atoms with E-state index in [2.05, 4.69) is 15.0 Å².